The van der Waals surface area contributed by atoms with Gasteiger partial charge in [0.1, 0.15) is 4.21 Å². The third-order valence-electron chi connectivity index (χ3n) is 4.20. The molecule has 5 nitrogen and oxygen atoms in total. The zero-order valence-corrected chi connectivity index (χ0v) is 16.2. The van der Waals surface area contributed by atoms with E-state index in [1.54, 1.807) is 12.1 Å². The van der Waals surface area contributed by atoms with Gasteiger partial charge in [0.25, 0.3) is 10.0 Å². The Morgan fingerprint density at radius 1 is 1.16 bits per heavy atom. The molecule has 3 aromatic rings. The molecule has 0 saturated carbocycles. The number of benzene rings is 1. The van der Waals surface area contributed by atoms with Gasteiger partial charge in [0.05, 0.1) is 16.3 Å². The van der Waals surface area contributed by atoms with Gasteiger partial charge in [-0.3, -0.25) is 4.72 Å². The van der Waals surface area contributed by atoms with Crippen molar-refractivity contribution in [3.05, 3.63) is 52.7 Å². The summed E-state index contributed by atoms with van der Waals surface area (Å²) in [5.41, 5.74) is 4.26. The monoisotopic (exact) mass is 376 g/mol. The lowest BCUT2D eigenvalue weighted by molar-refractivity contribution is 0.427. The van der Waals surface area contributed by atoms with Crippen LogP contribution in [-0.2, 0) is 16.4 Å². The number of sulfonamides is 1. The van der Waals surface area contributed by atoms with Crippen LogP contribution in [0.1, 0.15) is 29.3 Å². The highest BCUT2D eigenvalue weighted by atomic mass is 32.2. The molecule has 0 spiro atoms. The fraction of sp³-hybridized carbons (Fsp3) is 0.278. The molecule has 0 radical (unpaired) electrons. The maximum Gasteiger partial charge on any atom is 0.271 e. The number of nitrogens with one attached hydrogen (secondary N) is 1. The van der Waals surface area contributed by atoms with E-state index in [9.17, 15) is 8.42 Å². The average Bonchev–Trinajstić information content (AvgIpc) is 3.18. The van der Waals surface area contributed by atoms with Gasteiger partial charge in [-0.25, -0.2) is 8.42 Å². The molecule has 0 aliphatic heterocycles. The third kappa shape index (κ3) is 3.34. The second-order valence-corrected chi connectivity index (χ2v) is 8.90. The standard InChI is InChI=1S/C18H20N2O3S2/c1-5-14-8-6-7-11(2)17(14)20-25(21,22)16-10-9-15(24-16)18-12(3)13(4)19-23-18/h6-10,20H,5H2,1-4H3. The van der Waals surface area contributed by atoms with Gasteiger partial charge in [0.15, 0.2) is 5.76 Å². The van der Waals surface area contributed by atoms with Crippen molar-refractivity contribution in [2.45, 2.75) is 38.3 Å². The van der Waals surface area contributed by atoms with Crippen LogP contribution in [0.25, 0.3) is 10.6 Å². The second-order valence-electron chi connectivity index (χ2n) is 5.91. The van der Waals surface area contributed by atoms with E-state index in [-0.39, 0.29) is 4.21 Å². The highest BCUT2D eigenvalue weighted by Crippen LogP contribution is 2.35. The van der Waals surface area contributed by atoms with E-state index in [1.807, 2.05) is 45.9 Å². The first-order valence-electron chi connectivity index (χ1n) is 7.98. The number of hydrogen-bond donors (Lipinski definition) is 1. The minimum atomic E-state index is -3.66. The van der Waals surface area contributed by atoms with Crippen LogP contribution in [0.5, 0.6) is 0 Å². The Balaban J connectivity index is 1.96. The molecule has 0 aliphatic rings. The van der Waals surface area contributed by atoms with Crippen LogP contribution in [0, 0.1) is 20.8 Å². The summed E-state index contributed by atoms with van der Waals surface area (Å²) in [6.45, 7) is 7.68. The van der Waals surface area contributed by atoms with Crippen molar-refractivity contribution < 1.29 is 12.9 Å². The first kappa shape index (κ1) is 17.7. The van der Waals surface area contributed by atoms with Crippen molar-refractivity contribution in [3.63, 3.8) is 0 Å². The van der Waals surface area contributed by atoms with Crippen LogP contribution in [0.15, 0.2) is 39.1 Å². The molecule has 7 heteroatoms. The first-order chi connectivity index (χ1) is 11.8. The predicted molar refractivity (Wildman–Crippen MR) is 101 cm³/mol. The van der Waals surface area contributed by atoms with Crippen molar-refractivity contribution in [2.24, 2.45) is 0 Å². The van der Waals surface area contributed by atoms with Gasteiger partial charge in [-0.1, -0.05) is 30.3 Å². The van der Waals surface area contributed by atoms with Gasteiger partial charge in [0.2, 0.25) is 0 Å². The highest BCUT2D eigenvalue weighted by molar-refractivity contribution is 7.94. The summed E-state index contributed by atoms with van der Waals surface area (Å²) in [4.78, 5) is 0.749. The summed E-state index contributed by atoms with van der Waals surface area (Å²) in [7, 11) is -3.66. The van der Waals surface area contributed by atoms with Crippen molar-refractivity contribution in [1.82, 2.24) is 5.16 Å². The Kier molecular flexibility index (Phi) is 4.71. The first-order valence-corrected chi connectivity index (χ1v) is 10.3. The van der Waals surface area contributed by atoms with Crippen molar-refractivity contribution in [2.75, 3.05) is 4.72 Å². The average molecular weight is 377 g/mol. The number of thiophene rings is 1. The van der Waals surface area contributed by atoms with Gasteiger partial charge >= 0.3 is 0 Å². The molecule has 0 unspecified atom stereocenters. The normalized spacial score (nSPS) is 11.7. The van der Waals surface area contributed by atoms with Crippen LogP contribution in [0.4, 0.5) is 5.69 Å². The topological polar surface area (TPSA) is 72.2 Å². The molecule has 25 heavy (non-hydrogen) atoms. The smallest absolute Gasteiger partial charge is 0.271 e. The van der Waals surface area contributed by atoms with Gasteiger partial charge in [-0.2, -0.15) is 0 Å². The minimum Gasteiger partial charge on any atom is -0.355 e. The molecule has 0 aliphatic carbocycles. The molecule has 1 aromatic carbocycles. The minimum absolute atomic E-state index is 0.251. The van der Waals surface area contributed by atoms with Crippen LogP contribution in [-0.4, -0.2) is 13.6 Å². The summed E-state index contributed by atoms with van der Waals surface area (Å²) >= 11 is 1.17. The Labute approximate surface area is 151 Å². The molecular weight excluding hydrogens is 356 g/mol. The predicted octanol–water partition coefficient (Wildman–Crippen LogP) is 4.69. The fourth-order valence-electron chi connectivity index (χ4n) is 2.59. The van der Waals surface area contributed by atoms with Crippen LogP contribution >= 0.6 is 11.3 Å². The van der Waals surface area contributed by atoms with Crippen LogP contribution in [0.3, 0.4) is 0 Å². The second kappa shape index (κ2) is 6.65. The van der Waals surface area contributed by atoms with Gasteiger partial charge in [0, 0.05) is 5.56 Å². The quantitative estimate of drug-likeness (QED) is 0.701. The van der Waals surface area contributed by atoms with E-state index >= 15 is 0 Å². The van der Waals surface area contributed by atoms with E-state index in [0.717, 1.165) is 33.7 Å². The summed E-state index contributed by atoms with van der Waals surface area (Å²) in [5.74, 6) is 0.620. The van der Waals surface area contributed by atoms with Crippen LogP contribution in [0.2, 0.25) is 0 Å². The van der Waals surface area contributed by atoms with E-state index in [1.165, 1.54) is 11.3 Å². The van der Waals surface area contributed by atoms with E-state index in [0.29, 0.717) is 11.4 Å². The summed E-state index contributed by atoms with van der Waals surface area (Å²) in [6, 6.07) is 9.13. The molecule has 132 valence electrons. The zero-order valence-electron chi connectivity index (χ0n) is 14.6. The van der Waals surface area contributed by atoms with Crippen molar-refractivity contribution >= 4 is 27.0 Å². The molecule has 0 atom stereocenters. The SMILES string of the molecule is CCc1cccc(C)c1NS(=O)(=O)c1ccc(-c2onc(C)c2C)s1. The maximum atomic E-state index is 12.8. The van der Waals surface area contributed by atoms with E-state index in [2.05, 4.69) is 9.88 Å². The van der Waals surface area contributed by atoms with E-state index in [4.69, 9.17) is 4.52 Å². The molecule has 0 amide bonds. The maximum absolute atomic E-state index is 12.8. The third-order valence-corrected chi connectivity index (χ3v) is 7.13. The summed E-state index contributed by atoms with van der Waals surface area (Å²) in [5, 5.41) is 3.93. The molecule has 0 fully saturated rings. The van der Waals surface area contributed by atoms with Crippen molar-refractivity contribution in [1.29, 1.82) is 0 Å². The molecule has 0 bridgehead atoms. The molecule has 0 saturated heterocycles. The molecule has 1 N–H and O–H groups in total. The fourth-order valence-corrected chi connectivity index (χ4v) is 5.10. The summed E-state index contributed by atoms with van der Waals surface area (Å²) in [6.07, 6.45) is 0.756. The number of aromatic nitrogens is 1. The zero-order chi connectivity index (χ0) is 18.2. The highest BCUT2D eigenvalue weighted by Gasteiger charge is 2.21. The number of anilines is 1. The van der Waals surface area contributed by atoms with E-state index < -0.39 is 10.0 Å². The lowest BCUT2D eigenvalue weighted by Gasteiger charge is -2.13. The number of nitrogens with zero attached hydrogens (tertiary/aromatic N) is 1. The van der Waals surface area contributed by atoms with Crippen LogP contribution < -0.4 is 4.72 Å². The largest absolute Gasteiger partial charge is 0.355 e. The molecule has 3 rings (SSSR count). The number of rotatable bonds is 5. The van der Waals surface area contributed by atoms with Gasteiger partial charge in [-0.15, -0.1) is 11.3 Å². The summed E-state index contributed by atoms with van der Waals surface area (Å²) < 4.78 is 33.9. The number of aryl methyl sites for hydroxylation is 3. The number of hydrogen-bond acceptors (Lipinski definition) is 5. The molecule has 2 heterocycles. The Morgan fingerprint density at radius 2 is 1.92 bits per heavy atom. The van der Waals surface area contributed by atoms with Gasteiger partial charge in [-0.05, 0) is 50.5 Å². The Morgan fingerprint density at radius 3 is 2.56 bits per heavy atom. The molecule has 2 aromatic heterocycles. The number of para-hydroxylation sites is 1. The lowest BCUT2D eigenvalue weighted by atomic mass is 10.1. The van der Waals surface area contributed by atoms with Gasteiger partial charge < -0.3 is 4.52 Å². The Bertz CT molecular complexity index is 1020. The lowest BCUT2D eigenvalue weighted by Crippen LogP contribution is -2.13. The van der Waals surface area contributed by atoms with Crippen molar-refractivity contribution in [3.8, 4) is 10.6 Å². The molecular formula is C18H20N2O3S2. The Hall–Kier alpha value is -2.12.